The van der Waals surface area contributed by atoms with Crippen molar-refractivity contribution in [1.29, 1.82) is 5.26 Å². The van der Waals surface area contributed by atoms with E-state index in [9.17, 15) is 0 Å². The SMILES string of the molecule is N#CCc1ccccc1-c1nc(C2CC3CCC2C3)no1. The smallest absolute Gasteiger partial charge is 0.258 e. The third-order valence-corrected chi connectivity index (χ3v) is 5.03. The number of benzene rings is 1. The number of rotatable bonds is 3. The fraction of sp³-hybridized carbons (Fsp3) is 0.471. The van der Waals surface area contributed by atoms with E-state index in [1.807, 2.05) is 24.3 Å². The monoisotopic (exact) mass is 279 g/mol. The first kappa shape index (κ1) is 12.6. The van der Waals surface area contributed by atoms with Crippen LogP contribution in [0, 0.1) is 23.2 Å². The highest BCUT2D eigenvalue weighted by molar-refractivity contribution is 5.59. The Kier molecular flexibility index (Phi) is 2.99. The summed E-state index contributed by atoms with van der Waals surface area (Å²) in [5.41, 5.74) is 1.84. The van der Waals surface area contributed by atoms with Crippen molar-refractivity contribution < 1.29 is 4.52 Å². The van der Waals surface area contributed by atoms with Gasteiger partial charge in [0.1, 0.15) is 0 Å². The Morgan fingerprint density at radius 1 is 1.24 bits per heavy atom. The Bertz CT molecular complexity index is 700. The molecule has 21 heavy (non-hydrogen) atoms. The number of hydrogen-bond acceptors (Lipinski definition) is 4. The summed E-state index contributed by atoms with van der Waals surface area (Å²) in [5, 5.41) is 13.1. The average Bonchev–Trinajstić information content (AvgIpc) is 3.24. The van der Waals surface area contributed by atoms with Gasteiger partial charge in [-0.2, -0.15) is 10.2 Å². The van der Waals surface area contributed by atoms with Crippen molar-refractivity contribution in [2.75, 3.05) is 0 Å². The number of nitrogens with zero attached hydrogens (tertiary/aromatic N) is 3. The van der Waals surface area contributed by atoms with Gasteiger partial charge in [0.2, 0.25) is 0 Å². The van der Waals surface area contributed by atoms with E-state index in [2.05, 4.69) is 16.2 Å². The van der Waals surface area contributed by atoms with Crippen molar-refractivity contribution in [3.8, 4) is 17.5 Å². The van der Waals surface area contributed by atoms with E-state index in [-0.39, 0.29) is 0 Å². The van der Waals surface area contributed by atoms with E-state index < -0.39 is 0 Å². The first-order valence-corrected chi connectivity index (χ1v) is 7.64. The Hall–Kier alpha value is -2.15. The molecule has 2 fully saturated rings. The molecule has 4 nitrogen and oxygen atoms in total. The first-order valence-electron chi connectivity index (χ1n) is 7.64. The highest BCUT2D eigenvalue weighted by Gasteiger charge is 2.42. The average molecular weight is 279 g/mol. The molecule has 106 valence electrons. The molecule has 2 aliphatic rings. The van der Waals surface area contributed by atoms with Gasteiger partial charge >= 0.3 is 0 Å². The van der Waals surface area contributed by atoms with Gasteiger partial charge < -0.3 is 4.52 Å². The second kappa shape index (κ2) is 5.00. The summed E-state index contributed by atoms with van der Waals surface area (Å²) in [7, 11) is 0. The van der Waals surface area contributed by atoms with Crippen molar-refractivity contribution in [3.63, 3.8) is 0 Å². The number of aromatic nitrogens is 2. The van der Waals surface area contributed by atoms with Crippen LogP contribution < -0.4 is 0 Å². The highest BCUT2D eigenvalue weighted by atomic mass is 16.5. The topological polar surface area (TPSA) is 62.7 Å². The zero-order valence-corrected chi connectivity index (χ0v) is 11.8. The minimum atomic E-state index is 0.363. The van der Waals surface area contributed by atoms with Crippen LogP contribution in [0.25, 0.3) is 11.5 Å². The molecule has 0 radical (unpaired) electrons. The zero-order valence-electron chi connectivity index (χ0n) is 11.8. The molecule has 3 atom stereocenters. The van der Waals surface area contributed by atoms with Crippen molar-refractivity contribution in [1.82, 2.24) is 10.1 Å². The molecule has 2 bridgehead atoms. The standard InChI is InChI=1S/C17H17N3O/c18-8-7-12-3-1-2-4-14(12)17-19-16(20-21-17)15-10-11-5-6-13(15)9-11/h1-4,11,13,15H,5-7,9-10H2. The molecule has 1 heterocycles. The fourth-order valence-corrected chi connectivity index (χ4v) is 4.02. The van der Waals surface area contributed by atoms with Crippen LogP contribution in [0.2, 0.25) is 0 Å². The van der Waals surface area contributed by atoms with Gasteiger partial charge in [0.25, 0.3) is 5.89 Å². The predicted octanol–water partition coefficient (Wildman–Crippen LogP) is 3.71. The Balaban J connectivity index is 1.65. The molecule has 0 spiro atoms. The molecule has 0 aliphatic heterocycles. The van der Waals surface area contributed by atoms with Crippen LogP contribution in [-0.4, -0.2) is 10.1 Å². The third kappa shape index (κ3) is 2.13. The van der Waals surface area contributed by atoms with Gasteiger partial charge in [-0.1, -0.05) is 29.8 Å². The summed E-state index contributed by atoms with van der Waals surface area (Å²) in [6, 6.07) is 9.96. The van der Waals surface area contributed by atoms with Crippen LogP contribution in [-0.2, 0) is 6.42 Å². The number of fused-ring (bicyclic) bond motifs is 2. The summed E-state index contributed by atoms with van der Waals surface area (Å²) < 4.78 is 5.49. The zero-order chi connectivity index (χ0) is 14.2. The molecular weight excluding hydrogens is 262 g/mol. The van der Waals surface area contributed by atoms with Gasteiger partial charge in [-0.3, -0.25) is 0 Å². The maximum atomic E-state index is 8.92. The molecule has 2 saturated carbocycles. The highest BCUT2D eigenvalue weighted by Crippen LogP contribution is 2.52. The third-order valence-electron chi connectivity index (χ3n) is 5.03. The lowest BCUT2D eigenvalue weighted by Crippen LogP contribution is -2.09. The van der Waals surface area contributed by atoms with E-state index in [1.165, 1.54) is 25.7 Å². The van der Waals surface area contributed by atoms with Crippen LogP contribution >= 0.6 is 0 Å². The fourth-order valence-electron chi connectivity index (χ4n) is 4.02. The molecule has 1 aromatic carbocycles. The second-order valence-corrected chi connectivity index (χ2v) is 6.23. The molecule has 2 aromatic rings. The molecule has 3 unspecified atom stereocenters. The van der Waals surface area contributed by atoms with Gasteiger partial charge in [0.15, 0.2) is 5.82 Å². The molecule has 4 rings (SSSR count). The van der Waals surface area contributed by atoms with E-state index in [4.69, 9.17) is 9.78 Å². The lowest BCUT2D eigenvalue weighted by Gasteiger charge is -2.17. The van der Waals surface area contributed by atoms with Crippen LogP contribution in [0.3, 0.4) is 0 Å². The molecule has 2 aliphatic carbocycles. The first-order chi connectivity index (χ1) is 10.3. The minimum absolute atomic E-state index is 0.363. The molecule has 4 heteroatoms. The van der Waals surface area contributed by atoms with E-state index in [0.29, 0.717) is 18.2 Å². The second-order valence-electron chi connectivity index (χ2n) is 6.23. The van der Waals surface area contributed by atoms with Crippen LogP contribution in [0.1, 0.15) is 43.0 Å². The number of hydrogen-bond donors (Lipinski definition) is 0. The molecule has 0 N–H and O–H groups in total. The summed E-state index contributed by atoms with van der Waals surface area (Å²) in [5.74, 6) is 3.51. The van der Waals surface area contributed by atoms with Crippen molar-refractivity contribution in [2.24, 2.45) is 11.8 Å². The lowest BCUT2D eigenvalue weighted by molar-refractivity contribution is 0.372. The van der Waals surface area contributed by atoms with Crippen molar-refractivity contribution in [3.05, 3.63) is 35.7 Å². The molecule has 0 saturated heterocycles. The van der Waals surface area contributed by atoms with Gasteiger partial charge in [0.05, 0.1) is 12.5 Å². The van der Waals surface area contributed by atoms with Gasteiger partial charge in [-0.05, 0) is 42.7 Å². The summed E-state index contributed by atoms with van der Waals surface area (Å²) in [6.45, 7) is 0. The Labute approximate surface area is 123 Å². The maximum absolute atomic E-state index is 8.92. The van der Waals surface area contributed by atoms with Crippen LogP contribution in [0.5, 0.6) is 0 Å². The van der Waals surface area contributed by atoms with Crippen molar-refractivity contribution >= 4 is 0 Å². The van der Waals surface area contributed by atoms with E-state index in [0.717, 1.165) is 28.8 Å². The summed E-state index contributed by atoms with van der Waals surface area (Å²) in [6.07, 6.45) is 5.59. The summed E-state index contributed by atoms with van der Waals surface area (Å²) >= 11 is 0. The number of nitriles is 1. The Morgan fingerprint density at radius 3 is 2.90 bits per heavy atom. The lowest BCUT2D eigenvalue weighted by atomic mass is 9.88. The van der Waals surface area contributed by atoms with E-state index in [1.54, 1.807) is 0 Å². The normalized spacial score (nSPS) is 26.9. The van der Waals surface area contributed by atoms with Crippen LogP contribution in [0.4, 0.5) is 0 Å². The molecule has 0 amide bonds. The van der Waals surface area contributed by atoms with Gasteiger partial charge in [-0.25, -0.2) is 0 Å². The predicted molar refractivity (Wildman–Crippen MR) is 77.2 cm³/mol. The quantitative estimate of drug-likeness (QED) is 0.859. The maximum Gasteiger partial charge on any atom is 0.258 e. The Morgan fingerprint density at radius 2 is 2.14 bits per heavy atom. The summed E-state index contributed by atoms with van der Waals surface area (Å²) in [4.78, 5) is 4.64. The van der Waals surface area contributed by atoms with Gasteiger partial charge in [-0.15, -0.1) is 0 Å². The van der Waals surface area contributed by atoms with Crippen LogP contribution in [0.15, 0.2) is 28.8 Å². The molecular formula is C17H17N3O. The van der Waals surface area contributed by atoms with E-state index >= 15 is 0 Å². The largest absolute Gasteiger partial charge is 0.334 e. The van der Waals surface area contributed by atoms with Crippen molar-refractivity contribution in [2.45, 2.75) is 38.0 Å². The van der Waals surface area contributed by atoms with Gasteiger partial charge in [0, 0.05) is 11.5 Å². The molecule has 1 aromatic heterocycles. The minimum Gasteiger partial charge on any atom is -0.334 e.